The summed E-state index contributed by atoms with van der Waals surface area (Å²) < 4.78 is 42.5. The maximum atomic E-state index is 16.6. The third-order valence-electron chi connectivity index (χ3n) is 7.71. The zero-order valence-corrected chi connectivity index (χ0v) is 25.6. The molecule has 10 nitrogen and oxygen atoms in total. The van der Waals surface area contributed by atoms with Gasteiger partial charge in [-0.2, -0.15) is 15.2 Å². The molecule has 2 aliphatic rings. The Kier molecular flexibility index (Phi) is 7.45. The highest BCUT2D eigenvalue weighted by Gasteiger charge is 2.45. The van der Waals surface area contributed by atoms with Crippen molar-refractivity contribution in [2.24, 2.45) is 0 Å². The van der Waals surface area contributed by atoms with Crippen LogP contribution in [-0.2, 0) is 9.53 Å². The number of aldehydes is 1. The zero-order chi connectivity index (χ0) is 31.5. The van der Waals surface area contributed by atoms with E-state index in [0.717, 1.165) is 24.2 Å². The van der Waals surface area contributed by atoms with Gasteiger partial charge in [0.2, 0.25) is 0 Å². The van der Waals surface area contributed by atoms with Crippen LogP contribution in [0.5, 0.6) is 6.01 Å². The van der Waals surface area contributed by atoms with Crippen LogP contribution in [0.1, 0.15) is 39.2 Å². The Morgan fingerprint density at radius 1 is 1.25 bits per heavy atom. The van der Waals surface area contributed by atoms with Gasteiger partial charge in [-0.3, -0.25) is 9.69 Å². The minimum atomic E-state index is -0.843. The van der Waals surface area contributed by atoms with E-state index in [-0.39, 0.29) is 78.5 Å². The molecule has 4 aromatic rings. The lowest BCUT2D eigenvalue weighted by Gasteiger charge is -2.42. The molecule has 2 atom stereocenters. The minimum Gasteiger partial charge on any atom is -0.456 e. The molecule has 2 aromatic carbocycles. The van der Waals surface area contributed by atoms with Crippen LogP contribution in [-0.4, -0.2) is 64.6 Å². The van der Waals surface area contributed by atoms with Gasteiger partial charge in [0, 0.05) is 29.4 Å². The second-order valence-corrected chi connectivity index (χ2v) is 13.1. The summed E-state index contributed by atoms with van der Waals surface area (Å²) in [6.45, 7) is 5.85. The molecule has 0 spiro atoms. The second-order valence-electron chi connectivity index (χ2n) is 11.7. The highest BCUT2D eigenvalue weighted by atomic mass is 35.5. The number of thiophene rings is 1. The van der Waals surface area contributed by atoms with Gasteiger partial charge in [-0.15, -0.1) is 11.3 Å². The summed E-state index contributed by atoms with van der Waals surface area (Å²) in [5, 5.41) is 10.3. The molecule has 228 valence electrons. The van der Waals surface area contributed by atoms with Gasteiger partial charge in [0.15, 0.2) is 12.1 Å². The van der Waals surface area contributed by atoms with E-state index in [1.807, 2.05) is 31.7 Å². The molecule has 2 aromatic heterocycles. The normalized spacial score (nSPS) is 18.1. The predicted molar refractivity (Wildman–Crippen MR) is 163 cm³/mol. The molecular formula is C30H27ClF2N6O4S. The molecule has 2 aliphatic heterocycles. The standard InChI is InChI=1S/C30H27ClF2N6O4S/c1-30(2,3)43-29(41)39-14-4-5-15(39)13-38(12-14)27-17-10-19(31)22(23(33)24(17)36-28(37-27)42-9-8-40)16-6-7-20(32)25-21(16)18(11-34)26(35)44-25/h6-8,10,14-15H,4-5,9,12-13,35H2,1-3H3. The Hall–Kier alpha value is -4.28. The number of amides is 1. The number of hydrogen-bond donors (Lipinski definition) is 1. The van der Waals surface area contributed by atoms with Gasteiger partial charge in [-0.25, -0.2) is 13.6 Å². The SMILES string of the molecule is CC(C)(C)OC(=O)N1C2CCC1CN(c1nc(OCC=O)nc3c(F)c(-c4ccc(F)c5sc(N)c(C#N)c45)c(Cl)cc13)C2. The Morgan fingerprint density at radius 3 is 2.59 bits per heavy atom. The molecule has 2 fully saturated rings. The van der Waals surface area contributed by atoms with Gasteiger partial charge < -0.3 is 20.1 Å². The summed E-state index contributed by atoms with van der Waals surface area (Å²) in [5.74, 6) is -1.12. The number of hydrogen-bond acceptors (Lipinski definition) is 10. The van der Waals surface area contributed by atoms with Gasteiger partial charge >= 0.3 is 12.1 Å². The van der Waals surface area contributed by atoms with Gasteiger partial charge in [-0.1, -0.05) is 17.7 Å². The van der Waals surface area contributed by atoms with Crippen molar-refractivity contribution in [3.05, 3.63) is 40.4 Å². The van der Waals surface area contributed by atoms with Crippen molar-refractivity contribution in [3.63, 3.8) is 0 Å². The van der Waals surface area contributed by atoms with Crippen molar-refractivity contribution in [1.29, 1.82) is 5.26 Å². The van der Waals surface area contributed by atoms with Gasteiger partial charge in [0.05, 0.1) is 27.4 Å². The maximum Gasteiger partial charge on any atom is 0.410 e. The van der Waals surface area contributed by atoms with E-state index >= 15 is 4.39 Å². The monoisotopic (exact) mass is 640 g/mol. The van der Waals surface area contributed by atoms with E-state index in [0.29, 0.717) is 25.2 Å². The highest BCUT2D eigenvalue weighted by Crippen LogP contribution is 2.46. The number of aromatic nitrogens is 2. The Bertz CT molecular complexity index is 1870. The van der Waals surface area contributed by atoms with Crippen LogP contribution in [0, 0.1) is 23.0 Å². The number of carbonyl (C=O) groups is 2. The quantitative estimate of drug-likeness (QED) is 0.258. The van der Waals surface area contributed by atoms with Crippen LogP contribution in [0.15, 0.2) is 18.2 Å². The fraction of sp³-hybridized carbons (Fsp3) is 0.367. The van der Waals surface area contributed by atoms with Crippen LogP contribution < -0.4 is 15.4 Å². The minimum absolute atomic E-state index is 0.0154. The summed E-state index contributed by atoms with van der Waals surface area (Å²) in [7, 11) is 0. The predicted octanol–water partition coefficient (Wildman–Crippen LogP) is 6.06. The molecule has 14 heteroatoms. The number of nitriles is 1. The number of nitrogen functional groups attached to an aromatic ring is 1. The molecular weight excluding hydrogens is 614 g/mol. The smallest absolute Gasteiger partial charge is 0.410 e. The molecule has 1 amide bonds. The Balaban J connectivity index is 1.49. The molecule has 0 radical (unpaired) electrons. The summed E-state index contributed by atoms with van der Waals surface area (Å²) in [6.07, 6.45) is 1.64. The first-order valence-corrected chi connectivity index (χ1v) is 15.0. The summed E-state index contributed by atoms with van der Waals surface area (Å²) in [5.41, 5.74) is 5.31. The van der Waals surface area contributed by atoms with Crippen molar-refractivity contribution >= 4 is 67.1 Å². The molecule has 4 heterocycles. The van der Waals surface area contributed by atoms with Crippen molar-refractivity contribution < 1.29 is 27.8 Å². The first-order valence-electron chi connectivity index (χ1n) is 13.8. The maximum absolute atomic E-state index is 16.6. The lowest BCUT2D eigenvalue weighted by molar-refractivity contribution is -0.109. The molecule has 2 saturated heterocycles. The number of fused-ring (bicyclic) bond motifs is 4. The lowest BCUT2D eigenvalue weighted by atomic mass is 9.97. The number of anilines is 2. The third kappa shape index (κ3) is 5.01. The van der Waals surface area contributed by atoms with E-state index in [2.05, 4.69) is 9.97 Å². The van der Waals surface area contributed by atoms with Gasteiger partial charge in [0.25, 0.3) is 0 Å². The van der Waals surface area contributed by atoms with Gasteiger partial charge in [0.1, 0.15) is 40.4 Å². The molecule has 6 rings (SSSR count). The summed E-state index contributed by atoms with van der Waals surface area (Å²) >= 11 is 7.64. The van der Waals surface area contributed by atoms with Crippen LogP contribution in [0.25, 0.3) is 32.1 Å². The fourth-order valence-electron chi connectivity index (χ4n) is 6.02. The number of carbonyl (C=O) groups excluding carboxylic acids is 2. The van der Waals surface area contributed by atoms with Crippen LogP contribution >= 0.6 is 22.9 Å². The topological polar surface area (TPSA) is 135 Å². The Labute approximate surface area is 259 Å². The van der Waals surface area contributed by atoms with E-state index in [1.165, 1.54) is 18.2 Å². The second kappa shape index (κ2) is 11.0. The van der Waals surface area contributed by atoms with Crippen molar-refractivity contribution in [2.45, 2.75) is 51.3 Å². The van der Waals surface area contributed by atoms with Crippen LogP contribution in [0.2, 0.25) is 5.02 Å². The summed E-state index contributed by atoms with van der Waals surface area (Å²) in [6, 6.07) is 5.45. The van der Waals surface area contributed by atoms with Crippen LogP contribution in [0.3, 0.4) is 0 Å². The zero-order valence-electron chi connectivity index (χ0n) is 24.0. The number of halogens is 3. The van der Waals surface area contributed by atoms with E-state index in [4.69, 9.17) is 26.8 Å². The average Bonchev–Trinajstić information content (AvgIpc) is 3.44. The van der Waals surface area contributed by atoms with E-state index in [9.17, 15) is 19.2 Å². The first kappa shape index (κ1) is 29.8. The van der Waals surface area contributed by atoms with Crippen LogP contribution in [0.4, 0.5) is 24.4 Å². The lowest BCUT2D eigenvalue weighted by Crippen LogP contribution is -2.57. The molecule has 2 bridgehead atoms. The number of rotatable bonds is 5. The molecule has 0 aliphatic carbocycles. The highest BCUT2D eigenvalue weighted by molar-refractivity contribution is 7.23. The molecule has 44 heavy (non-hydrogen) atoms. The number of benzene rings is 2. The molecule has 0 saturated carbocycles. The molecule has 2 unspecified atom stereocenters. The number of nitrogens with two attached hydrogens (primary N) is 1. The fourth-order valence-corrected chi connectivity index (χ4v) is 7.26. The van der Waals surface area contributed by atoms with E-state index in [1.54, 1.807) is 4.90 Å². The summed E-state index contributed by atoms with van der Waals surface area (Å²) in [4.78, 5) is 36.6. The number of ether oxygens (including phenoxy) is 2. The third-order valence-corrected chi connectivity index (χ3v) is 9.03. The van der Waals surface area contributed by atoms with E-state index < -0.39 is 17.2 Å². The number of piperazine rings is 1. The average molecular weight is 641 g/mol. The van der Waals surface area contributed by atoms with Crippen molar-refractivity contribution in [1.82, 2.24) is 14.9 Å². The first-order chi connectivity index (χ1) is 20.9. The molecule has 2 N–H and O–H groups in total. The largest absolute Gasteiger partial charge is 0.456 e. The van der Waals surface area contributed by atoms with Crippen molar-refractivity contribution in [3.8, 4) is 23.2 Å². The Morgan fingerprint density at radius 2 is 1.95 bits per heavy atom. The number of nitrogens with zero attached hydrogens (tertiary/aromatic N) is 5. The van der Waals surface area contributed by atoms with Gasteiger partial charge in [-0.05, 0) is 51.3 Å². The van der Waals surface area contributed by atoms with Crippen molar-refractivity contribution in [2.75, 3.05) is 30.3 Å².